The first kappa shape index (κ1) is 14.0. The zero-order chi connectivity index (χ0) is 14.2. The molecular formula is C14H16Cl2N2O2. The Bertz CT molecular complexity index is 518. The van der Waals surface area contributed by atoms with Crippen molar-refractivity contribution in [2.24, 2.45) is 5.92 Å². The van der Waals surface area contributed by atoms with Gasteiger partial charge in [-0.15, -0.1) is 23.2 Å². The molecule has 2 saturated carbocycles. The highest BCUT2D eigenvalue weighted by atomic mass is 35.5. The second-order valence-electron chi connectivity index (χ2n) is 5.41. The van der Waals surface area contributed by atoms with Gasteiger partial charge in [-0.3, -0.25) is 4.79 Å². The Morgan fingerprint density at radius 1 is 1.50 bits per heavy atom. The third-order valence-electron chi connectivity index (χ3n) is 3.75. The van der Waals surface area contributed by atoms with Crippen LogP contribution in [0.2, 0.25) is 0 Å². The molecule has 0 aliphatic heterocycles. The number of hydrogen-bond acceptors (Lipinski definition) is 3. The number of rotatable bonds is 5. The van der Waals surface area contributed by atoms with Gasteiger partial charge >= 0.3 is 0 Å². The van der Waals surface area contributed by atoms with Gasteiger partial charge in [-0.05, 0) is 37.3 Å². The maximum absolute atomic E-state index is 11.8. The van der Waals surface area contributed by atoms with Crippen LogP contribution >= 0.6 is 23.2 Å². The number of nitrogens with zero attached hydrogens (tertiary/aromatic N) is 1. The molecule has 0 unspecified atom stereocenters. The van der Waals surface area contributed by atoms with E-state index in [0.717, 1.165) is 18.4 Å². The largest absolute Gasteiger partial charge is 0.474 e. The molecule has 20 heavy (non-hydrogen) atoms. The van der Waals surface area contributed by atoms with Gasteiger partial charge in [0.05, 0.1) is 5.92 Å². The van der Waals surface area contributed by atoms with E-state index in [4.69, 9.17) is 27.9 Å². The molecule has 0 aromatic carbocycles. The maximum Gasteiger partial charge on any atom is 0.226 e. The molecule has 2 aliphatic carbocycles. The summed E-state index contributed by atoms with van der Waals surface area (Å²) in [4.78, 5) is 16.0. The van der Waals surface area contributed by atoms with Gasteiger partial charge in [0, 0.05) is 18.8 Å². The Labute approximate surface area is 127 Å². The summed E-state index contributed by atoms with van der Waals surface area (Å²) >= 11 is 11.7. The normalized spacial score (nSPS) is 23.8. The van der Waals surface area contributed by atoms with E-state index in [9.17, 15) is 4.79 Å². The fourth-order valence-corrected chi connectivity index (χ4v) is 2.60. The lowest BCUT2D eigenvalue weighted by Gasteiger charge is -2.25. The SMILES string of the molecule is O=C(NCc1ccnc(OC2CCC2)c1)[C@H]1CC1(Cl)Cl. The van der Waals surface area contributed by atoms with Crippen molar-refractivity contribution in [1.82, 2.24) is 10.3 Å². The summed E-state index contributed by atoms with van der Waals surface area (Å²) in [6, 6.07) is 3.72. The van der Waals surface area contributed by atoms with Gasteiger partial charge in [0.1, 0.15) is 10.4 Å². The van der Waals surface area contributed by atoms with E-state index in [2.05, 4.69) is 10.3 Å². The fourth-order valence-electron chi connectivity index (χ4n) is 2.09. The number of alkyl halides is 2. The summed E-state index contributed by atoms with van der Waals surface area (Å²) in [5, 5.41) is 2.83. The molecule has 6 heteroatoms. The van der Waals surface area contributed by atoms with Crippen molar-refractivity contribution in [3.05, 3.63) is 23.9 Å². The molecule has 1 atom stereocenters. The highest BCUT2D eigenvalue weighted by Gasteiger charge is 2.56. The van der Waals surface area contributed by atoms with Crippen LogP contribution in [-0.2, 0) is 11.3 Å². The summed E-state index contributed by atoms with van der Waals surface area (Å²) in [5.74, 6) is 0.226. The molecule has 108 valence electrons. The highest BCUT2D eigenvalue weighted by Crippen LogP contribution is 2.53. The molecule has 2 aliphatic rings. The van der Waals surface area contributed by atoms with Crippen LogP contribution in [0.3, 0.4) is 0 Å². The standard InChI is InChI=1S/C14H16Cl2N2O2/c15-14(16)7-11(14)13(19)18-8-9-4-5-17-12(6-9)20-10-2-1-3-10/h4-6,10-11H,1-3,7-8H2,(H,18,19)/t11-/m1/s1. The summed E-state index contributed by atoms with van der Waals surface area (Å²) in [7, 11) is 0. The van der Waals surface area contributed by atoms with Crippen LogP contribution in [0, 0.1) is 5.92 Å². The van der Waals surface area contributed by atoms with E-state index in [1.807, 2.05) is 12.1 Å². The summed E-state index contributed by atoms with van der Waals surface area (Å²) in [6.07, 6.45) is 5.93. The minimum absolute atomic E-state index is 0.103. The van der Waals surface area contributed by atoms with Gasteiger partial charge in [-0.1, -0.05) is 0 Å². The van der Waals surface area contributed by atoms with E-state index in [0.29, 0.717) is 24.9 Å². The van der Waals surface area contributed by atoms with Crippen molar-refractivity contribution in [3.63, 3.8) is 0 Å². The second kappa shape index (κ2) is 5.41. The van der Waals surface area contributed by atoms with Crippen molar-refractivity contribution in [3.8, 4) is 5.88 Å². The lowest BCUT2D eigenvalue weighted by atomic mass is 9.96. The fraction of sp³-hybridized carbons (Fsp3) is 0.571. The van der Waals surface area contributed by atoms with E-state index >= 15 is 0 Å². The first-order valence-electron chi connectivity index (χ1n) is 6.82. The van der Waals surface area contributed by atoms with Crippen LogP contribution < -0.4 is 10.1 Å². The molecule has 0 spiro atoms. The number of carbonyl (C=O) groups excluding carboxylic acids is 1. The van der Waals surface area contributed by atoms with Crippen molar-refractivity contribution in [2.45, 2.75) is 42.7 Å². The minimum atomic E-state index is -0.874. The smallest absolute Gasteiger partial charge is 0.226 e. The van der Waals surface area contributed by atoms with Crippen molar-refractivity contribution in [2.75, 3.05) is 0 Å². The third-order valence-corrected chi connectivity index (χ3v) is 4.58. The van der Waals surface area contributed by atoms with Crippen molar-refractivity contribution >= 4 is 29.1 Å². The van der Waals surface area contributed by atoms with Crippen LogP contribution in [0.25, 0.3) is 0 Å². The number of halogens is 2. The third kappa shape index (κ3) is 3.18. The molecule has 1 aromatic rings. The Morgan fingerprint density at radius 2 is 2.25 bits per heavy atom. The number of pyridine rings is 1. The topological polar surface area (TPSA) is 51.2 Å². The quantitative estimate of drug-likeness (QED) is 0.850. The molecule has 0 bridgehead atoms. The Balaban J connectivity index is 1.52. The van der Waals surface area contributed by atoms with Crippen LogP contribution in [0.4, 0.5) is 0 Å². The highest BCUT2D eigenvalue weighted by molar-refractivity contribution is 6.52. The Kier molecular flexibility index (Phi) is 3.78. The number of carbonyl (C=O) groups is 1. The minimum Gasteiger partial charge on any atom is -0.474 e. The molecule has 4 nitrogen and oxygen atoms in total. The molecule has 3 rings (SSSR count). The second-order valence-corrected chi connectivity index (χ2v) is 6.95. The molecule has 1 amide bonds. The number of nitrogens with one attached hydrogen (secondary N) is 1. The molecule has 0 saturated heterocycles. The average Bonchev–Trinajstić information content (AvgIpc) is 3.01. The van der Waals surface area contributed by atoms with Crippen LogP contribution in [-0.4, -0.2) is 21.3 Å². The molecule has 2 fully saturated rings. The van der Waals surface area contributed by atoms with Gasteiger partial charge in [-0.2, -0.15) is 0 Å². The van der Waals surface area contributed by atoms with Gasteiger partial charge in [0.15, 0.2) is 0 Å². The first-order valence-corrected chi connectivity index (χ1v) is 7.57. The number of ether oxygens (including phenoxy) is 1. The monoisotopic (exact) mass is 314 g/mol. The maximum atomic E-state index is 11.8. The first-order chi connectivity index (χ1) is 9.54. The van der Waals surface area contributed by atoms with Gasteiger partial charge in [-0.25, -0.2) is 4.98 Å². The van der Waals surface area contributed by atoms with E-state index in [-0.39, 0.29) is 11.8 Å². The van der Waals surface area contributed by atoms with E-state index in [1.54, 1.807) is 6.20 Å². The molecular weight excluding hydrogens is 299 g/mol. The number of aromatic nitrogens is 1. The van der Waals surface area contributed by atoms with Crippen molar-refractivity contribution < 1.29 is 9.53 Å². The lowest BCUT2D eigenvalue weighted by Crippen LogP contribution is -2.27. The Morgan fingerprint density at radius 3 is 2.85 bits per heavy atom. The van der Waals surface area contributed by atoms with Gasteiger partial charge in [0.25, 0.3) is 0 Å². The number of hydrogen-bond donors (Lipinski definition) is 1. The average molecular weight is 315 g/mol. The van der Waals surface area contributed by atoms with Crippen molar-refractivity contribution in [1.29, 1.82) is 0 Å². The molecule has 1 aromatic heterocycles. The molecule has 1 N–H and O–H groups in total. The zero-order valence-corrected chi connectivity index (χ0v) is 12.5. The van der Waals surface area contributed by atoms with Crippen LogP contribution in [0.5, 0.6) is 5.88 Å². The Hall–Kier alpha value is -1.00. The summed E-state index contributed by atoms with van der Waals surface area (Å²) in [6.45, 7) is 0.433. The summed E-state index contributed by atoms with van der Waals surface area (Å²) < 4.78 is 4.85. The van der Waals surface area contributed by atoms with E-state index < -0.39 is 4.33 Å². The zero-order valence-electron chi connectivity index (χ0n) is 10.9. The summed E-state index contributed by atoms with van der Waals surface area (Å²) in [5.41, 5.74) is 0.957. The predicted octanol–water partition coefficient (Wildman–Crippen LogP) is 2.82. The van der Waals surface area contributed by atoms with Crippen LogP contribution in [0.15, 0.2) is 18.3 Å². The van der Waals surface area contributed by atoms with Crippen LogP contribution in [0.1, 0.15) is 31.2 Å². The molecule has 0 radical (unpaired) electrons. The van der Waals surface area contributed by atoms with E-state index in [1.165, 1.54) is 6.42 Å². The lowest BCUT2D eigenvalue weighted by molar-refractivity contribution is -0.122. The molecule has 1 heterocycles. The van der Waals surface area contributed by atoms with Gasteiger partial charge in [0.2, 0.25) is 11.8 Å². The number of amides is 1. The van der Waals surface area contributed by atoms with Gasteiger partial charge < -0.3 is 10.1 Å². The predicted molar refractivity (Wildman–Crippen MR) is 76.9 cm³/mol.